The molecule has 2 nitrogen and oxygen atoms in total. The Morgan fingerprint density at radius 3 is 2.47 bits per heavy atom. The van der Waals surface area contributed by atoms with Crippen molar-refractivity contribution in [3.8, 4) is 6.07 Å². The average molecular weight is 223 g/mol. The van der Waals surface area contributed by atoms with E-state index >= 15 is 0 Å². The predicted molar refractivity (Wildman–Crippen MR) is 64.1 cm³/mol. The van der Waals surface area contributed by atoms with E-state index in [-0.39, 0.29) is 0 Å². The maximum absolute atomic E-state index is 8.72. The van der Waals surface area contributed by atoms with E-state index in [0.29, 0.717) is 22.5 Å². The van der Waals surface area contributed by atoms with Crippen molar-refractivity contribution in [2.45, 2.75) is 26.8 Å². The molecule has 0 aliphatic carbocycles. The first kappa shape index (κ1) is 11.9. The average Bonchev–Trinajstić information content (AvgIpc) is 2.18. The highest BCUT2D eigenvalue weighted by molar-refractivity contribution is 6.32. The maximum atomic E-state index is 8.72. The summed E-state index contributed by atoms with van der Waals surface area (Å²) in [6.07, 6.45) is 0. The highest BCUT2D eigenvalue weighted by atomic mass is 35.5. The lowest BCUT2D eigenvalue weighted by Crippen LogP contribution is -2.21. The lowest BCUT2D eigenvalue weighted by molar-refractivity contribution is 0.560. The van der Waals surface area contributed by atoms with E-state index in [4.69, 9.17) is 16.9 Å². The van der Waals surface area contributed by atoms with Gasteiger partial charge in [0.15, 0.2) is 0 Å². The van der Waals surface area contributed by atoms with Crippen LogP contribution in [0.2, 0.25) is 5.02 Å². The number of nitrogens with zero attached hydrogens (tertiary/aromatic N) is 1. The lowest BCUT2D eigenvalue weighted by Gasteiger charge is -2.18. The Bertz CT molecular complexity index is 380. The number of benzene rings is 1. The summed E-state index contributed by atoms with van der Waals surface area (Å²) < 4.78 is 0. The molecule has 1 rings (SSSR count). The van der Waals surface area contributed by atoms with Crippen LogP contribution in [-0.4, -0.2) is 6.04 Å². The third-order valence-corrected chi connectivity index (χ3v) is 2.80. The van der Waals surface area contributed by atoms with Gasteiger partial charge in [-0.1, -0.05) is 25.4 Å². The minimum atomic E-state index is 0.383. The topological polar surface area (TPSA) is 35.8 Å². The molecule has 1 aromatic carbocycles. The van der Waals surface area contributed by atoms with Gasteiger partial charge in [-0.05, 0) is 31.0 Å². The monoisotopic (exact) mass is 222 g/mol. The first-order chi connectivity index (χ1) is 7.04. The van der Waals surface area contributed by atoms with E-state index in [0.717, 1.165) is 5.69 Å². The van der Waals surface area contributed by atoms with E-state index in [9.17, 15) is 0 Å². The van der Waals surface area contributed by atoms with Crippen molar-refractivity contribution in [2.75, 3.05) is 5.32 Å². The minimum absolute atomic E-state index is 0.383. The van der Waals surface area contributed by atoms with E-state index < -0.39 is 0 Å². The van der Waals surface area contributed by atoms with Crippen molar-refractivity contribution in [3.05, 3.63) is 28.8 Å². The summed E-state index contributed by atoms with van der Waals surface area (Å²) in [5, 5.41) is 12.6. The van der Waals surface area contributed by atoms with Gasteiger partial charge in [0.25, 0.3) is 0 Å². The van der Waals surface area contributed by atoms with Crippen LogP contribution in [0.3, 0.4) is 0 Å². The molecule has 0 bridgehead atoms. The van der Waals surface area contributed by atoms with Crippen molar-refractivity contribution >= 4 is 17.3 Å². The van der Waals surface area contributed by atoms with E-state index in [1.165, 1.54) is 0 Å². The van der Waals surface area contributed by atoms with Crippen LogP contribution in [0.15, 0.2) is 18.2 Å². The number of nitrogens with one attached hydrogen (secondary N) is 1. The molecule has 0 aromatic heterocycles. The van der Waals surface area contributed by atoms with Crippen LogP contribution in [0.4, 0.5) is 5.69 Å². The Hall–Kier alpha value is -1.20. The van der Waals surface area contributed by atoms with Crippen molar-refractivity contribution in [1.82, 2.24) is 0 Å². The van der Waals surface area contributed by atoms with Crippen LogP contribution in [0.5, 0.6) is 0 Å². The van der Waals surface area contributed by atoms with Crippen LogP contribution in [0.1, 0.15) is 26.3 Å². The largest absolute Gasteiger partial charge is 0.382 e. The predicted octanol–water partition coefficient (Wildman–Crippen LogP) is 3.67. The zero-order chi connectivity index (χ0) is 11.4. The molecule has 1 aromatic rings. The Morgan fingerprint density at radius 1 is 1.33 bits per heavy atom. The molecule has 0 amide bonds. The van der Waals surface area contributed by atoms with E-state index in [1.807, 2.05) is 12.1 Å². The Kier molecular flexibility index (Phi) is 3.99. The number of rotatable bonds is 3. The summed E-state index contributed by atoms with van der Waals surface area (Å²) >= 11 is 5.93. The Morgan fingerprint density at radius 2 is 2.00 bits per heavy atom. The van der Waals surface area contributed by atoms with Gasteiger partial charge in [-0.3, -0.25) is 0 Å². The molecule has 0 fully saturated rings. The zero-order valence-corrected chi connectivity index (χ0v) is 9.97. The van der Waals surface area contributed by atoms with Crippen molar-refractivity contribution in [3.63, 3.8) is 0 Å². The molecular weight excluding hydrogens is 208 g/mol. The summed E-state index contributed by atoms with van der Waals surface area (Å²) in [6.45, 7) is 6.43. The maximum Gasteiger partial charge on any atom is 0.101 e. The van der Waals surface area contributed by atoms with Crippen molar-refractivity contribution in [1.29, 1.82) is 5.26 Å². The van der Waals surface area contributed by atoms with Gasteiger partial charge in [0.2, 0.25) is 0 Å². The smallest absolute Gasteiger partial charge is 0.101 e. The SMILES string of the molecule is CC(C)[C@@H](C)Nc1ccc(C#N)c(Cl)c1. The summed E-state index contributed by atoms with van der Waals surface area (Å²) in [5.74, 6) is 0.555. The second-order valence-electron chi connectivity index (χ2n) is 3.98. The third kappa shape index (κ3) is 3.14. The third-order valence-electron chi connectivity index (χ3n) is 2.48. The van der Waals surface area contributed by atoms with Gasteiger partial charge in [-0.15, -0.1) is 0 Å². The molecule has 1 N–H and O–H groups in total. The molecule has 0 spiro atoms. The lowest BCUT2D eigenvalue weighted by atomic mass is 10.1. The molecule has 15 heavy (non-hydrogen) atoms. The molecule has 1 atom stereocenters. The fourth-order valence-electron chi connectivity index (χ4n) is 1.13. The molecule has 0 saturated heterocycles. The highest BCUT2D eigenvalue weighted by Gasteiger charge is 2.07. The van der Waals surface area contributed by atoms with E-state index in [2.05, 4.69) is 26.1 Å². The highest BCUT2D eigenvalue weighted by Crippen LogP contribution is 2.21. The summed E-state index contributed by atoms with van der Waals surface area (Å²) in [7, 11) is 0. The zero-order valence-electron chi connectivity index (χ0n) is 9.21. The molecule has 0 unspecified atom stereocenters. The van der Waals surface area contributed by atoms with Gasteiger partial charge in [0, 0.05) is 11.7 Å². The summed E-state index contributed by atoms with van der Waals surface area (Å²) in [5.41, 5.74) is 1.47. The van der Waals surface area contributed by atoms with Gasteiger partial charge in [-0.25, -0.2) is 0 Å². The molecule has 0 heterocycles. The first-order valence-electron chi connectivity index (χ1n) is 5.00. The number of halogens is 1. The van der Waals surface area contributed by atoms with Crippen LogP contribution < -0.4 is 5.32 Å². The molecule has 0 aliphatic rings. The fraction of sp³-hybridized carbons (Fsp3) is 0.417. The minimum Gasteiger partial charge on any atom is -0.382 e. The van der Waals surface area contributed by atoms with Crippen LogP contribution >= 0.6 is 11.6 Å². The number of anilines is 1. The molecule has 80 valence electrons. The molecule has 0 aliphatic heterocycles. The van der Waals surface area contributed by atoms with Crippen LogP contribution in [0, 0.1) is 17.2 Å². The van der Waals surface area contributed by atoms with Gasteiger partial charge < -0.3 is 5.32 Å². The van der Waals surface area contributed by atoms with Crippen LogP contribution in [0.25, 0.3) is 0 Å². The number of hydrogen-bond donors (Lipinski definition) is 1. The van der Waals surface area contributed by atoms with E-state index in [1.54, 1.807) is 12.1 Å². The second kappa shape index (κ2) is 5.04. The quantitative estimate of drug-likeness (QED) is 0.847. The Labute approximate surface area is 95.9 Å². The molecule has 0 saturated carbocycles. The van der Waals surface area contributed by atoms with Gasteiger partial charge in [-0.2, -0.15) is 5.26 Å². The molecular formula is C12H15ClN2. The Balaban J connectivity index is 2.81. The number of hydrogen-bond acceptors (Lipinski definition) is 2. The number of nitriles is 1. The normalized spacial score (nSPS) is 12.3. The van der Waals surface area contributed by atoms with Crippen molar-refractivity contribution in [2.24, 2.45) is 5.92 Å². The summed E-state index contributed by atoms with van der Waals surface area (Å²) in [6, 6.07) is 7.82. The van der Waals surface area contributed by atoms with Gasteiger partial charge in [0.1, 0.15) is 6.07 Å². The fourth-order valence-corrected chi connectivity index (χ4v) is 1.35. The molecule has 0 radical (unpaired) electrons. The molecule has 3 heteroatoms. The van der Waals surface area contributed by atoms with Gasteiger partial charge in [0.05, 0.1) is 10.6 Å². The van der Waals surface area contributed by atoms with Crippen LogP contribution in [-0.2, 0) is 0 Å². The first-order valence-corrected chi connectivity index (χ1v) is 5.38. The van der Waals surface area contributed by atoms with Crippen molar-refractivity contribution < 1.29 is 0 Å². The summed E-state index contributed by atoms with van der Waals surface area (Å²) in [4.78, 5) is 0. The second-order valence-corrected chi connectivity index (χ2v) is 4.39. The standard InChI is InChI=1S/C12H15ClN2/c1-8(2)9(3)15-11-5-4-10(7-14)12(13)6-11/h4-6,8-9,15H,1-3H3/t9-/m1/s1. The van der Waals surface area contributed by atoms with Gasteiger partial charge >= 0.3 is 0 Å².